The molecule has 0 spiro atoms. The van der Waals surface area contributed by atoms with Gasteiger partial charge in [-0.05, 0) is 31.0 Å². The average Bonchev–Trinajstić information content (AvgIpc) is 3.17. The molecule has 0 radical (unpaired) electrons. The van der Waals surface area contributed by atoms with Gasteiger partial charge < -0.3 is 14.5 Å². The lowest BCUT2D eigenvalue weighted by Crippen LogP contribution is -2.29. The molecule has 1 N–H and O–H groups in total. The zero-order valence-electron chi connectivity index (χ0n) is 13.1. The normalized spacial score (nSPS) is 23.7. The Hall–Kier alpha value is -1.92. The van der Waals surface area contributed by atoms with Crippen LogP contribution in [0.4, 0.5) is 0 Å². The number of carbonyl (C=O) groups is 1. The first-order valence-corrected chi connectivity index (χ1v) is 8.52. The zero-order chi connectivity index (χ0) is 16.7. The number of amides is 1. The molecule has 24 heavy (non-hydrogen) atoms. The second kappa shape index (κ2) is 6.18. The van der Waals surface area contributed by atoms with Crippen molar-refractivity contribution in [2.45, 2.75) is 24.7 Å². The first-order valence-electron chi connectivity index (χ1n) is 8.15. The largest absolute Gasteiger partial charge is 0.396 e. The number of carbonyl (C=O) groups excluding carboxylic acids is 1. The number of rotatable bonds is 4. The van der Waals surface area contributed by atoms with Crippen LogP contribution in [0.1, 0.15) is 46.8 Å². The van der Waals surface area contributed by atoms with Gasteiger partial charge in [0.05, 0.1) is 5.92 Å². The summed E-state index contributed by atoms with van der Waals surface area (Å²) in [6, 6.07) is 6.89. The first-order chi connectivity index (χ1) is 11.7. The summed E-state index contributed by atoms with van der Waals surface area (Å²) in [6.07, 6.45) is 2.21. The van der Waals surface area contributed by atoms with Gasteiger partial charge in [-0.15, -0.1) is 0 Å². The van der Waals surface area contributed by atoms with Crippen LogP contribution in [-0.2, 0) is 0 Å². The van der Waals surface area contributed by atoms with Crippen molar-refractivity contribution in [2.24, 2.45) is 5.92 Å². The van der Waals surface area contributed by atoms with E-state index in [0.717, 1.165) is 18.7 Å². The van der Waals surface area contributed by atoms with Crippen LogP contribution >= 0.6 is 11.6 Å². The quantitative estimate of drug-likeness (QED) is 0.919. The van der Waals surface area contributed by atoms with E-state index in [1.54, 1.807) is 29.2 Å². The van der Waals surface area contributed by atoms with E-state index in [1.165, 1.54) is 0 Å². The third-order valence-electron chi connectivity index (χ3n) is 4.75. The smallest absolute Gasteiger partial charge is 0.253 e. The Kier molecular flexibility index (Phi) is 4.02. The Morgan fingerprint density at radius 2 is 2.21 bits per heavy atom. The van der Waals surface area contributed by atoms with E-state index < -0.39 is 0 Å². The molecular weight excluding hydrogens is 330 g/mol. The standard InChI is InChI=1S/C17H18ClN3O3/c18-13-3-1-2-11(6-13)17(23)21-7-12(9-22)14(8-21)16-19-15(20-24-16)10-4-5-10/h1-3,6,10,12,14,22H,4-5,7-9H2/t12-,14+/m0/s1. The molecule has 2 atom stereocenters. The lowest BCUT2D eigenvalue weighted by atomic mass is 9.97. The zero-order valence-corrected chi connectivity index (χ0v) is 13.8. The summed E-state index contributed by atoms with van der Waals surface area (Å²) in [5, 5.41) is 14.3. The molecule has 1 aliphatic heterocycles. The number of benzene rings is 1. The number of aliphatic hydroxyl groups excluding tert-OH is 1. The van der Waals surface area contributed by atoms with Crippen molar-refractivity contribution in [3.05, 3.63) is 46.6 Å². The maximum atomic E-state index is 12.7. The summed E-state index contributed by atoms with van der Waals surface area (Å²) in [5.74, 6) is 1.37. The third-order valence-corrected chi connectivity index (χ3v) is 4.99. The molecule has 1 aromatic heterocycles. The van der Waals surface area contributed by atoms with Crippen LogP contribution < -0.4 is 0 Å². The van der Waals surface area contributed by atoms with Gasteiger partial charge in [0, 0.05) is 42.1 Å². The van der Waals surface area contributed by atoms with E-state index in [-0.39, 0.29) is 24.3 Å². The number of likely N-dealkylation sites (tertiary alicyclic amines) is 1. The number of aliphatic hydroxyl groups is 1. The first kappa shape index (κ1) is 15.6. The van der Waals surface area contributed by atoms with Gasteiger partial charge in [0.25, 0.3) is 5.91 Å². The minimum atomic E-state index is -0.127. The van der Waals surface area contributed by atoms with Gasteiger partial charge in [-0.25, -0.2) is 0 Å². The fourth-order valence-corrected chi connectivity index (χ4v) is 3.40. The summed E-state index contributed by atoms with van der Waals surface area (Å²) in [5.41, 5.74) is 0.545. The topological polar surface area (TPSA) is 79.5 Å². The number of halogens is 1. The summed E-state index contributed by atoms with van der Waals surface area (Å²) < 4.78 is 5.40. The Labute approximate surface area is 144 Å². The van der Waals surface area contributed by atoms with Crippen LogP contribution in [0, 0.1) is 5.92 Å². The molecular formula is C17H18ClN3O3. The highest BCUT2D eigenvalue weighted by Crippen LogP contribution is 2.40. The minimum absolute atomic E-state index is 0.0227. The molecule has 126 valence electrons. The number of hydrogen-bond acceptors (Lipinski definition) is 5. The van der Waals surface area contributed by atoms with Crippen LogP contribution in [0.2, 0.25) is 5.02 Å². The number of aromatic nitrogens is 2. The fourth-order valence-electron chi connectivity index (χ4n) is 3.21. The third kappa shape index (κ3) is 2.91. The van der Waals surface area contributed by atoms with Crippen molar-refractivity contribution >= 4 is 17.5 Å². The molecule has 2 aromatic rings. The fraction of sp³-hybridized carbons (Fsp3) is 0.471. The minimum Gasteiger partial charge on any atom is -0.396 e. The Balaban J connectivity index is 1.53. The van der Waals surface area contributed by atoms with Crippen LogP contribution in [0.15, 0.2) is 28.8 Å². The van der Waals surface area contributed by atoms with Crippen LogP contribution in [0.3, 0.4) is 0 Å². The van der Waals surface area contributed by atoms with Gasteiger partial charge in [-0.1, -0.05) is 22.8 Å². The van der Waals surface area contributed by atoms with Crippen molar-refractivity contribution in [2.75, 3.05) is 19.7 Å². The molecule has 0 bridgehead atoms. The van der Waals surface area contributed by atoms with Gasteiger partial charge in [0.15, 0.2) is 5.82 Å². The highest BCUT2D eigenvalue weighted by atomic mass is 35.5. The molecule has 2 aliphatic rings. The van der Waals surface area contributed by atoms with Crippen LogP contribution in [-0.4, -0.2) is 45.8 Å². The van der Waals surface area contributed by atoms with Crippen molar-refractivity contribution < 1.29 is 14.4 Å². The predicted molar refractivity (Wildman–Crippen MR) is 86.9 cm³/mol. The van der Waals surface area contributed by atoms with Crippen LogP contribution in [0.25, 0.3) is 0 Å². The molecule has 2 fully saturated rings. The molecule has 4 rings (SSSR count). The van der Waals surface area contributed by atoms with E-state index in [4.69, 9.17) is 16.1 Å². The molecule has 6 nitrogen and oxygen atoms in total. The summed E-state index contributed by atoms with van der Waals surface area (Å²) >= 11 is 5.97. The molecule has 1 aliphatic carbocycles. The Bertz CT molecular complexity index is 759. The van der Waals surface area contributed by atoms with E-state index in [9.17, 15) is 9.90 Å². The molecule has 0 unspecified atom stereocenters. The Morgan fingerprint density at radius 3 is 2.92 bits per heavy atom. The summed E-state index contributed by atoms with van der Waals surface area (Å²) in [4.78, 5) is 18.9. The second-order valence-electron chi connectivity index (χ2n) is 6.53. The Morgan fingerprint density at radius 1 is 1.38 bits per heavy atom. The lowest BCUT2D eigenvalue weighted by Gasteiger charge is -2.16. The number of hydrogen-bond donors (Lipinski definition) is 1. The van der Waals surface area contributed by atoms with Crippen LogP contribution in [0.5, 0.6) is 0 Å². The van der Waals surface area contributed by atoms with Gasteiger partial charge in [0.2, 0.25) is 5.89 Å². The molecule has 1 saturated carbocycles. The van der Waals surface area contributed by atoms with E-state index in [1.807, 2.05) is 0 Å². The van der Waals surface area contributed by atoms with E-state index in [2.05, 4.69) is 10.1 Å². The van der Waals surface area contributed by atoms with Crippen molar-refractivity contribution in [1.29, 1.82) is 0 Å². The van der Waals surface area contributed by atoms with Gasteiger partial charge in [-0.3, -0.25) is 4.79 Å². The lowest BCUT2D eigenvalue weighted by molar-refractivity contribution is 0.0781. The van der Waals surface area contributed by atoms with Gasteiger partial charge in [0.1, 0.15) is 0 Å². The summed E-state index contributed by atoms with van der Waals surface area (Å²) in [6.45, 7) is 0.904. The SMILES string of the molecule is O=C(c1cccc(Cl)c1)N1C[C@@H](CO)[C@H](c2nc(C3CC3)no2)C1. The number of nitrogens with zero attached hydrogens (tertiary/aromatic N) is 3. The second-order valence-corrected chi connectivity index (χ2v) is 6.97. The molecule has 1 amide bonds. The molecule has 7 heteroatoms. The summed E-state index contributed by atoms with van der Waals surface area (Å²) in [7, 11) is 0. The van der Waals surface area contributed by atoms with E-state index >= 15 is 0 Å². The maximum Gasteiger partial charge on any atom is 0.253 e. The monoisotopic (exact) mass is 347 g/mol. The maximum absolute atomic E-state index is 12.7. The average molecular weight is 348 g/mol. The highest BCUT2D eigenvalue weighted by Gasteiger charge is 2.40. The van der Waals surface area contributed by atoms with E-state index in [0.29, 0.717) is 35.5 Å². The van der Waals surface area contributed by atoms with Gasteiger partial charge in [-0.2, -0.15) is 4.98 Å². The van der Waals surface area contributed by atoms with Crippen molar-refractivity contribution in [3.8, 4) is 0 Å². The van der Waals surface area contributed by atoms with Crippen molar-refractivity contribution in [3.63, 3.8) is 0 Å². The predicted octanol–water partition coefficient (Wildman–Crippen LogP) is 2.45. The van der Waals surface area contributed by atoms with Crippen molar-refractivity contribution in [1.82, 2.24) is 15.0 Å². The highest BCUT2D eigenvalue weighted by molar-refractivity contribution is 6.30. The van der Waals surface area contributed by atoms with Gasteiger partial charge >= 0.3 is 0 Å². The molecule has 1 saturated heterocycles. The molecule has 2 heterocycles. The molecule has 1 aromatic carbocycles.